The zero-order valence-corrected chi connectivity index (χ0v) is 21.6. The number of hydrogen-bond donors (Lipinski definition) is 1. The fourth-order valence-corrected chi connectivity index (χ4v) is 5.41. The van der Waals surface area contributed by atoms with Crippen molar-refractivity contribution in [3.05, 3.63) is 130 Å². The largest absolute Gasteiger partial charge is 0.344 e. The zero-order chi connectivity index (χ0) is 25.7. The molecule has 1 N–H and O–H groups in total. The number of halogens is 1. The van der Waals surface area contributed by atoms with Gasteiger partial charge in [-0.3, -0.25) is 9.10 Å². The van der Waals surface area contributed by atoms with Crippen LogP contribution < -0.4 is 9.62 Å². The number of anilines is 1. The molecule has 5 nitrogen and oxygen atoms in total. The fourth-order valence-electron chi connectivity index (χ4n) is 3.86. The van der Waals surface area contributed by atoms with Crippen molar-refractivity contribution in [2.75, 3.05) is 10.8 Å². The summed E-state index contributed by atoms with van der Waals surface area (Å²) in [5, 5.41) is 3.48. The Labute approximate surface area is 217 Å². The van der Waals surface area contributed by atoms with Crippen molar-refractivity contribution in [2.45, 2.75) is 24.8 Å². The van der Waals surface area contributed by atoms with Crippen molar-refractivity contribution in [3.8, 4) is 0 Å². The Bertz CT molecular complexity index is 1420. The summed E-state index contributed by atoms with van der Waals surface area (Å²) in [5.41, 5.74) is 4.30. The summed E-state index contributed by atoms with van der Waals surface area (Å²) in [5.74, 6) is -0.428. The molecule has 7 heteroatoms. The lowest BCUT2D eigenvalue weighted by Crippen LogP contribution is -2.42. The lowest BCUT2D eigenvalue weighted by Gasteiger charge is -2.26. The molecule has 0 aliphatic rings. The van der Waals surface area contributed by atoms with E-state index in [1.807, 2.05) is 80.6 Å². The summed E-state index contributed by atoms with van der Waals surface area (Å²) < 4.78 is 28.4. The quantitative estimate of drug-likeness (QED) is 0.308. The van der Waals surface area contributed by atoms with Crippen LogP contribution in [0, 0.1) is 13.8 Å². The first-order chi connectivity index (χ1) is 17.2. The molecule has 1 amide bonds. The maximum atomic E-state index is 13.6. The molecule has 0 aromatic heterocycles. The van der Waals surface area contributed by atoms with Crippen LogP contribution in [0.25, 0.3) is 0 Å². The molecule has 4 aromatic carbocycles. The van der Waals surface area contributed by atoms with E-state index in [1.54, 1.807) is 12.1 Å². The summed E-state index contributed by atoms with van der Waals surface area (Å²) >= 11 is 5.97. The van der Waals surface area contributed by atoms with Crippen molar-refractivity contribution in [2.24, 2.45) is 0 Å². The summed E-state index contributed by atoms with van der Waals surface area (Å²) in [4.78, 5) is 13.5. The van der Waals surface area contributed by atoms with Gasteiger partial charge in [0.1, 0.15) is 6.54 Å². The molecule has 36 heavy (non-hydrogen) atoms. The maximum Gasteiger partial charge on any atom is 0.264 e. The van der Waals surface area contributed by atoms with Gasteiger partial charge in [-0.25, -0.2) is 8.42 Å². The number of carbonyl (C=O) groups is 1. The number of hydrogen-bond acceptors (Lipinski definition) is 3. The summed E-state index contributed by atoms with van der Waals surface area (Å²) in [7, 11) is -4.04. The number of nitrogens with one attached hydrogen (secondary N) is 1. The van der Waals surface area contributed by atoms with Gasteiger partial charge in [0.2, 0.25) is 5.91 Å². The highest BCUT2D eigenvalue weighted by Crippen LogP contribution is 2.26. The van der Waals surface area contributed by atoms with Gasteiger partial charge in [0.15, 0.2) is 0 Å². The smallest absolute Gasteiger partial charge is 0.264 e. The van der Waals surface area contributed by atoms with Crippen LogP contribution >= 0.6 is 11.6 Å². The molecule has 4 aromatic rings. The maximum absolute atomic E-state index is 13.6. The second-order valence-electron chi connectivity index (χ2n) is 8.62. The van der Waals surface area contributed by atoms with Crippen LogP contribution in [0.3, 0.4) is 0 Å². The van der Waals surface area contributed by atoms with E-state index in [0.717, 1.165) is 26.6 Å². The summed E-state index contributed by atoms with van der Waals surface area (Å²) in [6.45, 7) is 3.53. The molecule has 0 spiro atoms. The minimum Gasteiger partial charge on any atom is -0.344 e. The molecule has 1 unspecified atom stereocenters. The van der Waals surface area contributed by atoms with E-state index in [4.69, 9.17) is 11.6 Å². The minimum atomic E-state index is -4.04. The molecule has 0 aliphatic heterocycles. The first-order valence-corrected chi connectivity index (χ1v) is 13.3. The average molecular weight is 519 g/mol. The number of amides is 1. The Kier molecular flexibility index (Phi) is 7.77. The van der Waals surface area contributed by atoms with Crippen LogP contribution in [0.2, 0.25) is 5.02 Å². The molecule has 0 aliphatic carbocycles. The molecule has 1 atom stereocenters. The number of benzene rings is 4. The van der Waals surface area contributed by atoms with Gasteiger partial charge in [-0.15, -0.1) is 0 Å². The normalized spacial score (nSPS) is 12.1. The summed E-state index contributed by atoms with van der Waals surface area (Å²) in [6, 6.07) is 30.0. The average Bonchev–Trinajstić information content (AvgIpc) is 2.88. The van der Waals surface area contributed by atoms with Gasteiger partial charge in [0.25, 0.3) is 10.0 Å². The number of carbonyl (C=O) groups excluding carboxylic acids is 1. The molecule has 0 bridgehead atoms. The molecule has 184 valence electrons. The number of sulfonamides is 1. The van der Waals surface area contributed by atoms with Crippen LogP contribution in [0.15, 0.2) is 108 Å². The topological polar surface area (TPSA) is 66.5 Å². The van der Waals surface area contributed by atoms with Gasteiger partial charge in [-0.05, 0) is 61.4 Å². The molecule has 4 rings (SSSR count). The summed E-state index contributed by atoms with van der Waals surface area (Å²) in [6.07, 6.45) is 0. The van der Waals surface area contributed by atoms with Gasteiger partial charge < -0.3 is 5.32 Å². The molecule has 0 fully saturated rings. The first kappa shape index (κ1) is 25.5. The Hall–Kier alpha value is -3.61. The highest BCUT2D eigenvalue weighted by Gasteiger charge is 2.28. The SMILES string of the molecule is Cc1ccc(C(NC(=O)CN(c2ccc(C)cc2)S(=O)(=O)c2ccc(Cl)cc2)c2ccccc2)cc1. The fraction of sp³-hybridized carbons (Fsp3) is 0.138. The predicted octanol–water partition coefficient (Wildman–Crippen LogP) is 6.06. The number of aryl methyl sites for hydroxylation is 2. The minimum absolute atomic E-state index is 0.0541. The lowest BCUT2D eigenvalue weighted by atomic mass is 9.98. The van der Waals surface area contributed by atoms with E-state index in [-0.39, 0.29) is 11.4 Å². The first-order valence-electron chi connectivity index (χ1n) is 11.5. The Morgan fingerprint density at radius 1 is 0.778 bits per heavy atom. The second-order valence-corrected chi connectivity index (χ2v) is 10.9. The van der Waals surface area contributed by atoms with Crippen molar-refractivity contribution < 1.29 is 13.2 Å². The van der Waals surface area contributed by atoms with Crippen molar-refractivity contribution in [1.82, 2.24) is 5.32 Å². The molecular weight excluding hydrogens is 492 g/mol. The van der Waals surface area contributed by atoms with Crippen LogP contribution in [-0.4, -0.2) is 20.9 Å². The third-order valence-corrected chi connectivity index (χ3v) is 7.90. The zero-order valence-electron chi connectivity index (χ0n) is 20.1. The third-order valence-electron chi connectivity index (χ3n) is 5.86. The molecule has 0 saturated carbocycles. The molecular formula is C29H27ClN2O3S. The Morgan fingerprint density at radius 3 is 1.89 bits per heavy atom. The molecule has 0 heterocycles. The van der Waals surface area contributed by atoms with Gasteiger partial charge >= 0.3 is 0 Å². The van der Waals surface area contributed by atoms with E-state index in [0.29, 0.717) is 10.7 Å². The number of nitrogens with zero attached hydrogens (tertiary/aromatic N) is 1. The Balaban J connectivity index is 1.68. The standard InChI is InChI=1S/C29H27ClN2O3S/c1-21-8-12-24(13-9-21)29(23-6-4-3-5-7-23)31-28(33)20-32(26-16-10-22(2)11-17-26)36(34,35)27-18-14-25(30)15-19-27/h3-19,29H,20H2,1-2H3,(H,31,33). The van der Waals surface area contributed by atoms with Crippen LogP contribution in [0.5, 0.6) is 0 Å². The van der Waals surface area contributed by atoms with Crippen molar-refractivity contribution in [1.29, 1.82) is 0 Å². The van der Waals surface area contributed by atoms with Crippen LogP contribution in [0.1, 0.15) is 28.3 Å². The van der Waals surface area contributed by atoms with Crippen LogP contribution in [0.4, 0.5) is 5.69 Å². The predicted molar refractivity (Wildman–Crippen MR) is 145 cm³/mol. The molecule has 0 radical (unpaired) electrons. The van der Waals surface area contributed by atoms with E-state index >= 15 is 0 Å². The van der Waals surface area contributed by atoms with Gasteiger partial charge in [-0.2, -0.15) is 0 Å². The van der Waals surface area contributed by atoms with E-state index in [9.17, 15) is 13.2 Å². The van der Waals surface area contributed by atoms with E-state index in [1.165, 1.54) is 24.3 Å². The van der Waals surface area contributed by atoms with Gasteiger partial charge in [0.05, 0.1) is 16.6 Å². The van der Waals surface area contributed by atoms with Crippen LogP contribution in [-0.2, 0) is 14.8 Å². The van der Waals surface area contributed by atoms with E-state index in [2.05, 4.69) is 5.32 Å². The third kappa shape index (κ3) is 5.96. The Morgan fingerprint density at radius 2 is 1.31 bits per heavy atom. The highest BCUT2D eigenvalue weighted by molar-refractivity contribution is 7.92. The lowest BCUT2D eigenvalue weighted by molar-refractivity contribution is -0.120. The highest BCUT2D eigenvalue weighted by atomic mass is 35.5. The van der Waals surface area contributed by atoms with E-state index < -0.39 is 22.0 Å². The van der Waals surface area contributed by atoms with Gasteiger partial charge in [-0.1, -0.05) is 89.5 Å². The van der Waals surface area contributed by atoms with Crippen molar-refractivity contribution in [3.63, 3.8) is 0 Å². The van der Waals surface area contributed by atoms with Crippen molar-refractivity contribution >= 4 is 33.2 Å². The molecule has 0 saturated heterocycles. The second kappa shape index (κ2) is 11.0. The monoisotopic (exact) mass is 518 g/mol. The number of rotatable bonds is 8. The van der Waals surface area contributed by atoms with Gasteiger partial charge in [0, 0.05) is 5.02 Å².